The third-order valence-electron chi connectivity index (χ3n) is 0.250. The van der Waals surface area contributed by atoms with Crippen LogP contribution < -0.4 is 5.32 Å². The van der Waals surface area contributed by atoms with Gasteiger partial charge in [0.05, 0.1) is 0 Å². The molecule has 1 saturated heterocycles. The molecule has 58 valence electrons. The van der Waals surface area contributed by atoms with Crippen molar-refractivity contribution < 1.29 is 0 Å². The SMILES string of the molecule is C1CN1.C=C.CC.CC. The first-order valence-corrected chi connectivity index (χ1v) is 3.71. The largest absolute Gasteiger partial charge is 0.314 e. The van der Waals surface area contributed by atoms with Crippen LogP contribution in [0, 0.1) is 0 Å². The van der Waals surface area contributed by atoms with Gasteiger partial charge in [0.1, 0.15) is 0 Å². The van der Waals surface area contributed by atoms with Crippen molar-refractivity contribution in [3.63, 3.8) is 0 Å². The minimum Gasteiger partial charge on any atom is -0.314 e. The molecule has 1 rings (SSSR count). The lowest BCUT2D eigenvalue weighted by molar-refractivity contribution is 1.34. The molecule has 1 nitrogen and oxygen atoms in total. The molecule has 1 N–H and O–H groups in total. The van der Waals surface area contributed by atoms with E-state index in [4.69, 9.17) is 0 Å². The molecule has 1 aliphatic heterocycles. The Balaban J connectivity index is -0.0000000557. The maximum Gasteiger partial charge on any atom is 0.00772 e. The first-order chi connectivity index (χ1) is 4.50. The third kappa shape index (κ3) is 511. The molecule has 9 heavy (non-hydrogen) atoms. The molecule has 0 radical (unpaired) electrons. The quantitative estimate of drug-likeness (QED) is 0.396. The fourth-order valence-corrected chi connectivity index (χ4v) is 0. The van der Waals surface area contributed by atoms with E-state index in [1.165, 1.54) is 13.1 Å². The molecule has 0 amide bonds. The summed E-state index contributed by atoms with van der Waals surface area (Å²) in [5.41, 5.74) is 0. The van der Waals surface area contributed by atoms with Gasteiger partial charge in [0.15, 0.2) is 0 Å². The van der Waals surface area contributed by atoms with Crippen LogP contribution in [-0.4, -0.2) is 13.1 Å². The first kappa shape index (κ1) is 15.9. The fraction of sp³-hybridized carbons (Fsp3) is 0.750. The molecule has 1 heterocycles. The lowest BCUT2D eigenvalue weighted by Gasteiger charge is -1.21. The topological polar surface area (TPSA) is 21.9 Å². The second-order valence-corrected chi connectivity index (χ2v) is 0.750. The van der Waals surface area contributed by atoms with E-state index in [2.05, 4.69) is 18.5 Å². The molecule has 1 aliphatic rings. The van der Waals surface area contributed by atoms with Crippen molar-refractivity contribution in [2.45, 2.75) is 27.7 Å². The van der Waals surface area contributed by atoms with Gasteiger partial charge in [-0.05, 0) is 0 Å². The highest BCUT2D eigenvalue weighted by atomic mass is 15.0. The molecule has 0 atom stereocenters. The summed E-state index contributed by atoms with van der Waals surface area (Å²) in [6, 6.07) is 0. The van der Waals surface area contributed by atoms with Gasteiger partial charge in [-0.1, -0.05) is 27.7 Å². The van der Waals surface area contributed by atoms with Crippen molar-refractivity contribution in [1.82, 2.24) is 5.32 Å². The van der Waals surface area contributed by atoms with Crippen LogP contribution in [0.4, 0.5) is 0 Å². The standard InChI is InChI=1S/C2H5N.2C2H6.C2H4/c1-2-3-1;3*1-2/h3H,1-2H2;2*1-2H3;1-2H2. The molecule has 0 unspecified atom stereocenters. The highest BCUT2D eigenvalue weighted by Crippen LogP contribution is 1.65. The smallest absolute Gasteiger partial charge is 0.00772 e. The van der Waals surface area contributed by atoms with Crippen LogP contribution in [0.15, 0.2) is 13.2 Å². The lowest BCUT2D eigenvalue weighted by atomic mass is 11.0. The van der Waals surface area contributed by atoms with Crippen LogP contribution >= 0.6 is 0 Å². The summed E-state index contributed by atoms with van der Waals surface area (Å²) in [4.78, 5) is 0. The molecule has 0 aromatic carbocycles. The van der Waals surface area contributed by atoms with Gasteiger partial charge < -0.3 is 5.32 Å². The predicted molar refractivity (Wildman–Crippen MR) is 46.8 cm³/mol. The second kappa shape index (κ2) is 47.4. The van der Waals surface area contributed by atoms with E-state index in [-0.39, 0.29) is 0 Å². The molecular weight excluding hydrogens is 110 g/mol. The van der Waals surface area contributed by atoms with Crippen molar-refractivity contribution in [2.24, 2.45) is 0 Å². The van der Waals surface area contributed by atoms with Gasteiger partial charge in [0, 0.05) is 13.1 Å². The molecule has 1 fully saturated rings. The molecule has 0 aliphatic carbocycles. The maximum atomic E-state index is 3.00. The first-order valence-electron chi connectivity index (χ1n) is 3.71. The Morgan fingerprint density at radius 2 is 1.00 bits per heavy atom. The Kier molecular flexibility index (Phi) is 83.6. The van der Waals surface area contributed by atoms with E-state index in [0.29, 0.717) is 0 Å². The summed E-state index contributed by atoms with van der Waals surface area (Å²) in [6.45, 7) is 16.5. The van der Waals surface area contributed by atoms with Crippen LogP contribution in [0.5, 0.6) is 0 Å². The minimum absolute atomic E-state index is 1.25. The van der Waals surface area contributed by atoms with Crippen molar-refractivity contribution in [3.8, 4) is 0 Å². The summed E-state index contributed by atoms with van der Waals surface area (Å²) in [5.74, 6) is 0. The van der Waals surface area contributed by atoms with Gasteiger partial charge in [-0.2, -0.15) is 0 Å². The zero-order chi connectivity index (χ0) is 8.12. The zero-order valence-electron chi connectivity index (χ0n) is 7.33. The van der Waals surface area contributed by atoms with E-state index >= 15 is 0 Å². The number of nitrogens with one attached hydrogen (secondary N) is 1. The fourth-order valence-electron chi connectivity index (χ4n) is 0. The number of hydrogen-bond acceptors (Lipinski definition) is 1. The zero-order valence-corrected chi connectivity index (χ0v) is 7.33. The Labute approximate surface area is 60.2 Å². The minimum atomic E-state index is 1.25. The Morgan fingerprint density at radius 3 is 1.00 bits per heavy atom. The Hall–Kier alpha value is -0.300. The van der Waals surface area contributed by atoms with Crippen molar-refractivity contribution in [2.75, 3.05) is 13.1 Å². The van der Waals surface area contributed by atoms with E-state index in [0.717, 1.165) is 0 Å². The summed E-state index contributed by atoms with van der Waals surface area (Å²) in [6.07, 6.45) is 0. The third-order valence-corrected chi connectivity index (χ3v) is 0.250. The van der Waals surface area contributed by atoms with Gasteiger partial charge in [0.25, 0.3) is 0 Å². The van der Waals surface area contributed by atoms with E-state index in [9.17, 15) is 0 Å². The lowest BCUT2D eigenvalue weighted by Crippen LogP contribution is -1.56. The molecule has 0 spiro atoms. The van der Waals surface area contributed by atoms with Crippen molar-refractivity contribution in [3.05, 3.63) is 13.2 Å². The monoisotopic (exact) mass is 131 g/mol. The van der Waals surface area contributed by atoms with Crippen LogP contribution in [0.2, 0.25) is 0 Å². The average Bonchev–Trinajstić information content (AvgIpc) is 2.84. The molecule has 0 bridgehead atoms. The van der Waals surface area contributed by atoms with Crippen LogP contribution in [0.25, 0.3) is 0 Å². The summed E-state index contributed by atoms with van der Waals surface area (Å²) in [7, 11) is 0. The molecule has 0 saturated carbocycles. The van der Waals surface area contributed by atoms with E-state index < -0.39 is 0 Å². The Morgan fingerprint density at radius 1 is 0.889 bits per heavy atom. The molecule has 0 aromatic heterocycles. The second-order valence-electron chi connectivity index (χ2n) is 0.750. The summed E-state index contributed by atoms with van der Waals surface area (Å²) in [5, 5.41) is 3.00. The van der Waals surface area contributed by atoms with Gasteiger partial charge in [0.2, 0.25) is 0 Å². The molecular formula is C8H21N. The van der Waals surface area contributed by atoms with Crippen molar-refractivity contribution in [1.29, 1.82) is 0 Å². The van der Waals surface area contributed by atoms with Crippen LogP contribution in [-0.2, 0) is 0 Å². The van der Waals surface area contributed by atoms with Gasteiger partial charge in [-0.15, -0.1) is 13.2 Å². The molecule has 0 aromatic rings. The predicted octanol–water partition coefficient (Wildman–Crippen LogP) is 2.44. The van der Waals surface area contributed by atoms with Crippen LogP contribution in [0.1, 0.15) is 27.7 Å². The van der Waals surface area contributed by atoms with E-state index in [1.807, 2.05) is 27.7 Å². The number of hydrogen-bond donors (Lipinski definition) is 1. The summed E-state index contributed by atoms with van der Waals surface area (Å²) >= 11 is 0. The van der Waals surface area contributed by atoms with Gasteiger partial charge >= 0.3 is 0 Å². The maximum absolute atomic E-state index is 3.00. The van der Waals surface area contributed by atoms with Gasteiger partial charge in [-0.3, -0.25) is 0 Å². The van der Waals surface area contributed by atoms with E-state index in [1.54, 1.807) is 0 Å². The average molecular weight is 131 g/mol. The van der Waals surface area contributed by atoms with Gasteiger partial charge in [-0.25, -0.2) is 0 Å². The van der Waals surface area contributed by atoms with Crippen molar-refractivity contribution >= 4 is 0 Å². The highest BCUT2D eigenvalue weighted by Gasteiger charge is 1.91. The molecule has 1 heteroatoms. The Bertz CT molecular complexity index is 15.8. The highest BCUT2D eigenvalue weighted by molar-refractivity contribution is 4.58. The van der Waals surface area contributed by atoms with Crippen LogP contribution in [0.3, 0.4) is 0 Å². The normalized spacial score (nSPS) is 9.78. The number of rotatable bonds is 0. The summed E-state index contributed by atoms with van der Waals surface area (Å²) < 4.78 is 0.